The fourth-order valence-corrected chi connectivity index (χ4v) is 2.74. The minimum Gasteiger partial charge on any atom is -0.464 e. The first kappa shape index (κ1) is 23.9. The van der Waals surface area contributed by atoms with Gasteiger partial charge in [0.1, 0.15) is 17.5 Å². The van der Waals surface area contributed by atoms with Crippen LogP contribution in [0.15, 0.2) is 36.4 Å². The molecule has 0 heterocycles. The molecule has 2 aromatic carbocycles. The van der Waals surface area contributed by atoms with E-state index in [9.17, 15) is 32.9 Å². The highest BCUT2D eigenvalue weighted by atomic mass is 35.5. The number of benzene rings is 2. The molecule has 12 heteroatoms. The fraction of sp³-hybridized carbons (Fsp3) is 0.263. The highest BCUT2D eigenvalue weighted by molar-refractivity contribution is 6.35. The normalized spacial score (nSPS) is 12.1. The van der Waals surface area contributed by atoms with Gasteiger partial charge in [0.05, 0.1) is 27.7 Å². The molecule has 1 amide bonds. The number of non-ortho nitro benzene ring substituents is 1. The smallest absolute Gasteiger partial charge is 0.417 e. The first-order valence-corrected chi connectivity index (χ1v) is 9.13. The van der Waals surface area contributed by atoms with Crippen molar-refractivity contribution in [1.29, 1.82) is 0 Å². The van der Waals surface area contributed by atoms with E-state index in [1.54, 1.807) is 0 Å². The second-order valence-electron chi connectivity index (χ2n) is 6.10. The van der Waals surface area contributed by atoms with Gasteiger partial charge in [-0.2, -0.15) is 13.2 Å². The maximum absolute atomic E-state index is 13.4. The summed E-state index contributed by atoms with van der Waals surface area (Å²) in [6.45, 7) is 2.80. The van der Waals surface area contributed by atoms with Gasteiger partial charge in [-0.05, 0) is 38.1 Å². The molecule has 166 valence electrons. The van der Waals surface area contributed by atoms with Gasteiger partial charge < -0.3 is 14.8 Å². The van der Waals surface area contributed by atoms with Gasteiger partial charge in [0.2, 0.25) is 0 Å². The number of hydrogen-bond acceptors (Lipinski definition) is 6. The fourth-order valence-electron chi connectivity index (χ4n) is 2.45. The van der Waals surface area contributed by atoms with Gasteiger partial charge in [-0.15, -0.1) is 0 Å². The molecular formula is C19H16ClF3N2O6. The lowest BCUT2D eigenvalue weighted by molar-refractivity contribution is -0.384. The summed E-state index contributed by atoms with van der Waals surface area (Å²) in [5.74, 6) is -2.35. The highest BCUT2D eigenvalue weighted by Gasteiger charge is 2.38. The molecule has 0 aliphatic heterocycles. The molecule has 31 heavy (non-hydrogen) atoms. The number of carbonyl (C=O) groups excluding carboxylic acids is 2. The second-order valence-corrected chi connectivity index (χ2v) is 6.48. The lowest BCUT2D eigenvalue weighted by Crippen LogP contribution is -2.40. The number of hydrogen-bond donors (Lipinski definition) is 1. The molecule has 0 saturated carbocycles. The number of nitro groups is 1. The van der Waals surface area contributed by atoms with Crippen LogP contribution in [-0.2, 0) is 15.7 Å². The van der Waals surface area contributed by atoms with Gasteiger partial charge in [-0.25, -0.2) is 4.79 Å². The van der Waals surface area contributed by atoms with Gasteiger partial charge in [-0.3, -0.25) is 14.9 Å². The molecule has 0 aliphatic rings. The maximum atomic E-state index is 13.4. The van der Waals surface area contributed by atoms with Gasteiger partial charge in [0.15, 0.2) is 0 Å². The zero-order valence-corrected chi connectivity index (χ0v) is 16.9. The Morgan fingerprint density at radius 1 is 1.19 bits per heavy atom. The summed E-state index contributed by atoms with van der Waals surface area (Å²) in [5, 5.41) is 12.2. The third-order valence-corrected chi connectivity index (χ3v) is 4.28. The first-order chi connectivity index (χ1) is 14.5. The average molecular weight is 461 g/mol. The number of amides is 1. The summed E-state index contributed by atoms with van der Waals surface area (Å²) < 4.78 is 50.5. The minimum atomic E-state index is -4.92. The number of alkyl halides is 3. The Morgan fingerprint density at radius 2 is 1.81 bits per heavy atom. The molecular weight excluding hydrogens is 445 g/mol. The zero-order valence-electron chi connectivity index (χ0n) is 16.2. The Morgan fingerprint density at radius 3 is 2.32 bits per heavy atom. The van der Waals surface area contributed by atoms with Gasteiger partial charge in [-0.1, -0.05) is 11.6 Å². The largest absolute Gasteiger partial charge is 0.464 e. The molecule has 1 unspecified atom stereocenters. The number of rotatable bonds is 7. The topological polar surface area (TPSA) is 108 Å². The summed E-state index contributed by atoms with van der Waals surface area (Å²) in [7, 11) is 0. The Kier molecular flexibility index (Phi) is 7.45. The summed E-state index contributed by atoms with van der Waals surface area (Å²) in [4.78, 5) is 34.3. The number of nitrogens with zero attached hydrogens (tertiary/aromatic N) is 1. The van der Waals surface area contributed by atoms with Crippen molar-refractivity contribution in [2.75, 3.05) is 6.61 Å². The van der Waals surface area contributed by atoms with Crippen molar-refractivity contribution in [2.24, 2.45) is 0 Å². The van der Waals surface area contributed by atoms with E-state index in [0.29, 0.717) is 6.07 Å². The Labute approximate surface area is 179 Å². The van der Waals surface area contributed by atoms with Gasteiger partial charge in [0.25, 0.3) is 11.6 Å². The van der Waals surface area contributed by atoms with E-state index >= 15 is 0 Å². The second kappa shape index (κ2) is 9.65. The SMILES string of the molecule is CCOC(=O)C(C)NC(=O)c1c(C(F)(F)F)ccc(Oc2ccc([N+](=O)[O-])cc2)c1Cl. The van der Waals surface area contributed by atoms with E-state index in [1.807, 2.05) is 0 Å². The maximum Gasteiger partial charge on any atom is 0.417 e. The first-order valence-electron chi connectivity index (χ1n) is 8.75. The Balaban J connectivity index is 2.41. The molecule has 8 nitrogen and oxygen atoms in total. The Bertz CT molecular complexity index is 995. The van der Waals surface area contributed by atoms with Crippen LogP contribution >= 0.6 is 11.6 Å². The Hall–Kier alpha value is -3.34. The van der Waals surface area contributed by atoms with E-state index in [1.165, 1.54) is 26.0 Å². The van der Waals surface area contributed by atoms with E-state index in [-0.39, 0.29) is 23.8 Å². The molecule has 0 fully saturated rings. The minimum absolute atomic E-state index is 0.0200. The molecule has 0 aliphatic carbocycles. The molecule has 0 bridgehead atoms. The van der Waals surface area contributed by atoms with E-state index < -0.39 is 45.2 Å². The van der Waals surface area contributed by atoms with E-state index in [4.69, 9.17) is 21.1 Å². The summed E-state index contributed by atoms with van der Waals surface area (Å²) in [6, 6.07) is 4.98. The third kappa shape index (κ3) is 5.85. The molecule has 0 aromatic heterocycles. The van der Waals surface area contributed by atoms with Crippen molar-refractivity contribution in [3.05, 3.63) is 62.7 Å². The average Bonchev–Trinajstić information content (AvgIpc) is 2.68. The zero-order chi connectivity index (χ0) is 23.3. The molecule has 0 radical (unpaired) electrons. The number of ether oxygens (including phenoxy) is 2. The summed E-state index contributed by atoms with van der Waals surface area (Å²) in [5.41, 5.74) is -2.49. The predicted molar refractivity (Wildman–Crippen MR) is 103 cm³/mol. The number of nitro benzene ring substituents is 1. The summed E-state index contributed by atoms with van der Waals surface area (Å²) in [6.07, 6.45) is -4.92. The van der Waals surface area contributed by atoms with Crippen molar-refractivity contribution in [3.63, 3.8) is 0 Å². The van der Waals surface area contributed by atoms with Crippen LogP contribution in [0.25, 0.3) is 0 Å². The van der Waals surface area contributed by atoms with Crippen LogP contribution in [0.5, 0.6) is 11.5 Å². The number of nitrogens with one attached hydrogen (secondary N) is 1. The summed E-state index contributed by atoms with van der Waals surface area (Å²) >= 11 is 6.06. The van der Waals surface area contributed by atoms with Crippen LogP contribution < -0.4 is 10.1 Å². The molecule has 0 spiro atoms. The standard InChI is InChI=1S/C19H16ClF3N2O6/c1-3-30-18(27)10(2)24-17(26)15-13(19(21,22)23)8-9-14(16(15)20)31-12-6-4-11(5-7-12)25(28)29/h4-10H,3H2,1-2H3,(H,24,26). The number of halogens is 4. The van der Waals surface area contributed by atoms with Crippen LogP contribution in [0.2, 0.25) is 5.02 Å². The van der Waals surface area contributed by atoms with Gasteiger partial charge >= 0.3 is 12.1 Å². The van der Waals surface area contributed by atoms with Crippen molar-refractivity contribution < 1.29 is 37.2 Å². The number of carbonyl (C=O) groups is 2. The van der Waals surface area contributed by atoms with Crippen molar-refractivity contribution >= 4 is 29.2 Å². The van der Waals surface area contributed by atoms with E-state index in [0.717, 1.165) is 18.2 Å². The van der Waals surface area contributed by atoms with Crippen molar-refractivity contribution in [1.82, 2.24) is 5.32 Å². The van der Waals surface area contributed by atoms with Gasteiger partial charge in [0, 0.05) is 12.1 Å². The van der Waals surface area contributed by atoms with Crippen molar-refractivity contribution in [3.8, 4) is 11.5 Å². The van der Waals surface area contributed by atoms with Crippen LogP contribution in [0.4, 0.5) is 18.9 Å². The quantitative estimate of drug-likeness (QED) is 0.363. The third-order valence-electron chi connectivity index (χ3n) is 3.90. The molecule has 2 rings (SSSR count). The molecule has 0 saturated heterocycles. The number of esters is 1. The van der Waals surface area contributed by atoms with Crippen LogP contribution in [0.1, 0.15) is 29.8 Å². The van der Waals surface area contributed by atoms with Crippen LogP contribution in [0, 0.1) is 10.1 Å². The lowest BCUT2D eigenvalue weighted by Gasteiger charge is -2.19. The van der Waals surface area contributed by atoms with E-state index in [2.05, 4.69) is 5.32 Å². The molecule has 1 N–H and O–H groups in total. The lowest BCUT2D eigenvalue weighted by atomic mass is 10.0. The predicted octanol–water partition coefficient (Wildman–Crippen LogP) is 4.74. The highest BCUT2D eigenvalue weighted by Crippen LogP contribution is 2.40. The monoisotopic (exact) mass is 460 g/mol. The molecule has 2 aromatic rings. The van der Waals surface area contributed by atoms with Crippen LogP contribution in [0.3, 0.4) is 0 Å². The van der Waals surface area contributed by atoms with Crippen LogP contribution in [-0.4, -0.2) is 29.4 Å². The molecule has 1 atom stereocenters. The van der Waals surface area contributed by atoms with Crippen molar-refractivity contribution in [2.45, 2.75) is 26.1 Å².